The van der Waals surface area contributed by atoms with Gasteiger partial charge >= 0.3 is 0 Å². The smallest absolute Gasteiger partial charge is 0.228 e. The van der Waals surface area contributed by atoms with Crippen molar-refractivity contribution in [2.75, 3.05) is 19.0 Å². The van der Waals surface area contributed by atoms with Gasteiger partial charge in [-0.2, -0.15) is 5.10 Å². The van der Waals surface area contributed by atoms with Crippen LogP contribution < -0.4 is 5.32 Å². The molecule has 0 radical (unpaired) electrons. The molecule has 0 aliphatic carbocycles. The molecule has 0 spiro atoms. The molecule has 0 saturated carbocycles. The SMILES string of the molecule is COCCn1ccc(NC(=O)CC(O)c2ccc(Cl)cc2)n1. The summed E-state index contributed by atoms with van der Waals surface area (Å²) < 4.78 is 6.63. The van der Waals surface area contributed by atoms with E-state index >= 15 is 0 Å². The normalized spacial score (nSPS) is 12.1. The first kappa shape index (κ1) is 16.5. The molecule has 0 saturated heterocycles. The number of methoxy groups -OCH3 is 1. The first-order chi connectivity index (χ1) is 10.6. The monoisotopic (exact) mass is 323 g/mol. The Morgan fingerprint density at radius 1 is 1.41 bits per heavy atom. The van der Waals surface area contributed by atoms with Gasteiger partial charge in [0, 0.05) is 24.4 Å². The summed E-state index contributed by atoms with van der Waals surface area (Å²) in [4.78, 5) is 11.9. The molecule has 118 valence electrons. The summed E-state index contributed by atoms with van der Waals surface area (Å²) in [6.45, 7) is 1.16. The molecule has 1 amide bonds. The van der Waals surface area contributed by atoms with Crippen molar-refractivity contribution in [2.24, 2.45) is 0 Å². The van der Waals surface area contributed by atoms with Crippen molar-refractivity contribution in [1.82, 2.24) is 9.78 Å². The van der Waals surface area contributed by atoms with Crippen LogP contribution in [0.1, 0.15) is 18.1 Å². The van der Waals surface area contributed by atoms with Crippen molar-refractivity contribution in [3.63, 3.8) is 0 Å². The van der Waals surface area contributed by atoms with Gasteiger partial charge in [-0.1, -0.05) is 23.7 Å². The zero-order valence-electron chi connectivity index (χ0n) is 12.2. The molecule has 7 heteroatoms. The van der Waals surface area contributed by atoms with E-state index < -0.39 is 6.10 Å². The molecule has 2 N–H and O–H groups in total. The minimum absolute atomic E-state index is 0.0490. The minimum Gasteiger partial charge on any atom is -0.388 e. The van der Waals surface area contributed by atoms with E-state index in [1.165, 1.54) is 0 Å². The van der Waals surface area contributed by atoms with Crippen LogP contribution in [-0.2, 0) is 16.1 Å². The molecule has 0 fully saturated rings. The highest BCUT2D eigenvalue weighted by Gasteiger charge is 2.14. The highest BCUT2D eigenvalue weighted by Crippen LogP contribution is 2.19. The summed E-state index contributed by atoms with van der Waals surface area (Å²) in [6.07, 6.45) is 0.824. The van der Waals surface area contributed by atoms with E-state index in [-0.39, 0.29) is 12.3 Å². The Kier molecular flexibility index (Phi) is 5.94. The van der Waals surface area contributed by atoms with Gasteiger partial charge in [-0.3, -0.25) is 9.48 Å². The molecular weight excluding hydrogens is 306 g/mol. The summed E-state index contributed by atoms with van der Waals surface area (Å²) in [5.74, 6) is 0.142. The highest BCUT2D eigenvalue weighted by atomic mass is 35.5. The fourth-order valence-electron chi connectivity index (χ4n) is 1.91. The Morgan fingerprint density at radius 2 is 2.14 bits per heavy atom. The van der Waals surface area contributed by atoms with Crippen LogP contribution in [0, 0.1) is 0 Å². The van der Waals surface area contributed by atoms with Crippen LogP contribution >= 0.6 is 11.6 Å². The van der Waals surface area contributed by atoms with Gasteiger partial charge in [-0.25, -0.2) is 0 Å². The minimum atomic E-state index is -0.882. The number of aliphatic hydroxyl groups excluding tert-OH is 1. The van der Waals surface area contributed by atoms with Crippen LogP contribution in [0.2, 0.25) is 5.02 Å². The number of nitrogens with zero attached hydrogens (tertiary/aromatic N) is 2. The van der Waals surface area contributed by atoms with E-state index in [1.807, 2.05) is 0 Å². The van der Waals surface area contributed by atoms with Gasteiger partial charge in [0.2, 0.25) is 5.91 Å². The second-order valence-corrected chi connectivity index (χ2v) is 5.21. The molecule has 6 nitrogen and oxygen atoms in total. The zero-order chi connectivity index (χ0) is 15.9. The van der Waals surface area contributed by atoms with Crippen molar-refractivity contribution in [3.8, 4) is 0 Å². The largest absolute Gasteiger partial charge is 0.388 e. The molecule has 0 aliphatic heterocycles. The second kappa shape index (κ2) is 7.93. The van der Waals surface area contributed by atoms with Gasteiger partial charge in [0.15, 0.2) is 5.82 Å². The maximum absolute atomic E-state index is 11.9. The quantitative estimate of drug-likeness (QED) is 0.819. The second-order valence-electron chi connectivity index (χ2n) is 4.78. The summed E-state index contributed by atoms with van der Waals surface area (Å²) in [5.41, 5.74) is 0.644. The average molecular weight is 324 g/mol. The predicted molar refractivity (Wildman–Crippen MR) is 83.8 cm³/mol. The third kappa shape index (κ3) is 4.84. The Labute approximate surface area is 133 Å². The van der Waals surface area contributed by atoms with Gasteiger partial charge in [0.25, 0.3) is 0 Å². The van der Waals surface area contributed by atoms with Crippen LogP contribution in [0.5, 0.6) is 0 Å². The van der Waals surface area contributed by atoms with E-state index in [4.69, 9.17) is 16.3 Å². The number of ether oxygens (including phenoxy) is 1. The molecule has 22 heavy (non-hydrogen) atoms. The van der Waals surface area contributed by atoms with Crippen LogP contribution in [0.15, 0.2) is 36.5 Å². The lowest BCUT2D eigenvalue weighted by Crippen LogP contribution is -2.16. The number of nitrogens with one attached hydrogen (secondary N) is 1. The number of aliphatic hydroxyl groups is 1. The van der Waals surface area contributed by atoms with Crippen LogP contribution in [0.25, 0.3) is 0 Å². The van der Waals surface area contributed by atoms with Gasteiger partial charge < -0.3 is 15.2 Å². The first-order valence-electron chi connectivity index (χ1n) is 6.84. The highest BCUT2D eigenvalue weighted by molar-refractivity contribution is 6.30. The molecule has 2 aromatic rings. The third-order valence-electron chi connectivity index (χ3n) is 3.07. The van der Waals surface area contributed by atoms with Gasteiger partial charge in [0.05, 0.1) is 25.7 Å². The van der Waals surface area contributed by atoms with Gasteiger partial charge in [-0.05, 0) is 17.7 Å². The first-order valence-corrected chi connectivity index (χ1v) is 7.22. The molecular formula is C15H18ClN3O3. The number of carbonyl (C=O) groups excluding carboxylic acids is 1. The average Bonchev–Trinajstić information content (AvgIpc) is 2.93. The van der Waals surface area contributed by atoms with Crippen molar-refractivity contribution >= 4 is 23.3 Å². The Balaban J connectivity index is 1.86. The van der Waals surface area contributed by atoms with Crippen LogP contribution in [0.3, 0.4) is 0 Å². The number of halogens is 1. The number of anilines is 1. The third-order valence-corrected chi connectivity index (χ3v) is 3.32. The Hall–Kier alpha value is -1.89. The summed E-state index contributed by atoms with van der Waals surface area (Å²) >= 11 is 5.79. The fraction of sp³-hybridized carbons (Fsp3) is 0.333. The van der Waals surface area contributed by atoms with Crippen LogP contribution in [-0.4, -0.2) is 34.5 Å². The number of rotatable bonds is 7. The molecule has 2 rings (SSSR count). The van der Waals surface area contributed by atoms with E-state index in [2.05, 4.69) is 10.4 Å². The van der Waals surface area contributed by atoms with E-state index in [0.717, 1.165) is 0 Å². The number of aromatic nitrogens is 2. The lowest BCUT2D eigenvalue weighted by Gasteiger charge is -2.10. The molecule has 0 aliphatic rings. The standard InChI is InChI=1S/C15H18ClN3O3/c1-22-9-8-19-7-6-14(18-19)17-15(21)10-13(20)11-2-4-12(16)5-3-11/h2-7,13,20H,8-10H2,1H3,(H,17,18,21). The summed E-state index contributed by atoms with van der Waals surface area (Å²) in [6, 6.07) is 8.44. The van der Waals surface area contributed by atoms with Crippen molar-refractivity contribution < 1.29 is 14.6 Å². The summed E-state index contributed by atoms with van der Waals surface area (Å²) in [5, 5.41) is 17.5. The lowest BCUT2D eigenvalue weighted by molar-refractivity contribution is -0.118. The van der Waals surface area contributed by atoms with E-state index in [9.17, 15) is 9.90 Å². The van der Waals surface area contributed by atoms with Crippen molar-refractivity contribution in [2.45, 2.75) is 19.1 Å². The van der Waals surface area contributed by atoms with Crippen molar-refractivity contribution in [1.29, 1.82) is 0 Å². The lowest BCUT2D eigenvalue weighted by atomic mass is 10.1. The zero-order valence-corrected chi connectivity index (χ0v) is 13.0. The number of carbonyl (C=O) groups is 1. The van der Waals surface area contributed by atoms with Gasteiger partial charge in [-0.15, -0.1) is 0 Å². The number of benzene rings is 1. The Bertz CT molecular complexity index is 613. The number of amides is 1. The summed E-state index contributed by atoms with van der Waals surface area (Å²) in [7, 11) is 1.62. The van der Waals surface area contributed by atoms with Gasteiger partial charge in [0.1, 0.15) is 0 Å². The number of hydrogen-bond donors (Lipinski definition) is 2. The fourth-order valence-corrected chi connectivity index (χ4v) is 2.04. The topological polar surface area (TPSA) is 76.4 Å². The number of hydrogen-bond acceptors (Lipinski definition) is 4. The molecule has 1 atom stereocenters. The predicted octanol–water partition coefficient (Wildman–Crippen LogP) is 2.25. The van der Waals surface area contributed by atoms with Crippen LogP contribution in [0.4, 0.5) is 5.82 Å². The van der Waals surface area contributed by atoms with Crippen molar-refractivity contribution in [3.05, 3.63) is 47.1 Å². The molecule has 0 bridgehead atoms. The van der Waals surface area contributed by atoms with E-state index in [0.29, 0.717) is 29.6 Å². The molecule has 1 heterocycles. The molecule has 1 unspecified atom stereocenters. The maximum Gasteiger partial charge on any atom is 0.228 e. The molecule has 1 aromatic heterocycles. The van der Waals surface area contributed by atoms with E-state index in [1.54, 1.807) is 48.3 Å². The maximum atomic E-state index is 11.9. The molecule has 1 aromatic carbocycles. The Morgan fingerprint density at radius 3 is 2.82 bits per heavy atom.